The molecule has 0 aliphatic carbocycles. The molecule has 2 aromatic carbocycles. The minimum absolute atomic E-state index is 0.136. The second-order valence-electron chi connectivity index (χ2n) is 6.57. The van der Waals surface area contributed by atoms with Crippen LogP contribution in [0.25, 0.3) is 6.08 Å². The summed E-state index contributed by atoms with van der Waals surface area (Å²) in [6, 6.07) is 12.9. The number of ether oxygens (including phenoxy) is 1. The van der Waals surface area contributed by atoms with Crippen molar-refractivity contribution in [3.05, 3.63) is 64.9 Å². The summed E-state index contributed by atoms with van der Waals surface area (Å²) in [4.78, 5) is 15.0. The second-order valence-corrected chi connectivity index (χ2v) is 6.57. The van der Waals surface area contributed by atoms with Crippen molar-refractivity contribution in [2.45, 2.75) is 33.2 Å². The summed E-state index contributed by atoms with van der Waals surface area (Å²) >= 11 is 0. The number of carbonyl (C=O) groups excluding carboxylic acids is 1. The summed E-state index contributed by atoms with van der Waals surface area (Å²) in [5.41, 5.74) is 2.12. The van der Waals surface area contributed by atoms with Gasteiger partial charge in [0.05, 0.1) is 11.1 Å². The normalized spacial score (nSPS) is 14.7. The summed E-state index contributed by atoms with van der Waals surface area (Å²) in [5, 5.41) is 10.4. The highest BCUT2D eigenvalue weighted by Crippen LogP contribution is 2.40. The maximum Gasteiger partial charge on any atom is 0.231 e. The molecule has 2 aromatic rings. The lowest BCUT2D eigenvalue weighted by molar-refractivity contribution is 0.101. The molecule has 136 valence electrons. The number of carbonyl (C=O) groups is 1. The van der Waals surface area contributed by atoms with Gasteiger partial charge in [-0.1, -0.05) is 44.2 Å². The predicted molar refractivity (Wildman–Crippen MR) is 103 cm³/mol. The zero-order valence-electron chi connectivity index (χ0n) is 15.4. The van der Waals surface area contributed by atoms with Crippen molar-refractivity contribution in [1.29, 1.82) is 0 Å². The Balaban J connectivity index is 1.93. The molecule has 1 heterocycles. The third kappa shape index (κ3) is 3.81. The molecule has 0 saturated heterocycles. The number of ketones is 1. The summed E-state index contributed by atoms with van der Waals surface area (Å²) in [5.74, 6) is 0.835. The van der Waals surface area contributed by atoms with Crippen LogP contribution in [0.15, 0.2) is 48.2 Å². The summed E-state index contributed by atoms with van der Waals surface area (Å²) in [6.45, 7) is 6.73. The molecule has 0 radical (unpaired) electrons. The Morgan fingerprint density at radius 2 is 1.73 bits per heavy atom. The van der Waals surface area contributed by atoms with Crippen LogP contribution in [0.5, 0.6) is 11.5 Å². The molecule has 0 spiro atoms. The van der Waals surface area contributed by atoms with E-state index >= 15 is 0 Å². The molecule has 0 saturated carbocycles. The topological polar surface area (TPSA) is 49.8 Å². The van der Waals surface area contributed by atoms with Crippen molar-refractivity contribution in [2.75, 3.05) is 13.1 Å². The van der Waals surface area contributed by atoms with Gasteiger partial charge in [-0.2, -0.15) is 0 Å². The Morgan fingerprint density at radius 3 is 2.38 bits per heavy atom. The first-order valence-electron chi connectivity index (χ1n) is 9.20. The van der Waals surface area contributed by atoms with Crippen LogP contribution < -0.4 is 4.74 Å². The van der Waals surface area contributed by atoms with Gasteiger partial charge in [0, 0.05) is 6.54 Å². The van der Waals surface area contributed by atoms with E-state index in [9.17, 15) is 9.90 Å². The average Bonchev–Trinajstić information content (AvgIpc) is 2.95. The highest BCUT2D eigenvalue weighted by atomic mass is 16.5. The van der Waals surface area contributed by atoms with Crippen molar-refractivity contribution < 1.29 is 14.6 Å². The maximum absolute atomic E-state index is 12.7. The second kappa shape index (κ2) is 8.19. The largest absolute Gasteiger partial charge is 0.507 e. The molecule has 0 aromatic heterocycles. The van der Waals surface area contributed by atoms with Gasteiger partial charge in [-0.05, 0) is 49.7 Å². The number of rotatable bonds is 7. The molecular formula is C22H25NO3. The number of benzene rings is 2. The van der Waals surface area contributed by atoms with Gasteiger partial charge in [0.1, 0.15) is 11.5 Å². The fourth-order valence-electron chi connectivity index (χ4n) is 3.28. The minimum atomic E-state index is -0.136. The lowest BCUT2D eigenvalue weighted by Gasteiger charge is -2.22. The molecule has 4 nitrogen and oxygen atoms in total. The van der Waals surface area contributed by atoms with Gasteiger partial charge in [-0.3, -0.25) is 9.69 Å². The fourth-order valence-corrected chi connectivity index (χ4v) is 3.28. The number of aromatic hydroxyl groups is 1. The van der Waals surface area contributed by atoms with Gasteiger partial charge >= 0.3 is 0 Å². The van der Waals surface area contributed by atoms with Crippen LogP contribution in [0.3, 0.4) is 0 Å². The first kappa shape index (κ1) is 18.2. The van der Waals surface area contributed by atoms with Gasteiger partial charge in [-0.15, -0.1) is 0 Å². The molecule has 0 atom stereocenters. The van der Waals surface area contributed by atoms with Crippen LogP contribution in [-0.2, 0) is 6.54 Å². The summed E-state index contributed by atoms with van der Waals surface area (Å²) < 4.78 is 5.92. The molecule has 4 heteroatoms. The average molecular weight is 351 g/mol. The lowest BCUT2D eigenvalue weighted by Crippen LogP contribution is -2.25. The maximum atomic E-state index is 12.7. The SMILES string of the molecule is CCCN(CCC)Cc1c(O)ccc2c1O/C(=C/c1ccccc1)C2=O. The molecule has 1 N–H and O–H groups in total. The van der Waals surface area contributed by atoms with Crippen molar-refractivity contribution >= 4 is 11.9 Å². The monoisotopic (exact) mass is 351 g/mol. The van der Waals surface area contributed by atoms with Crippen molar-refractivity contribution in [3.8, 4) is 11.5 Å². The van der Waals surface area contributed by atoms with Crippen LogP contribution in [-0.4, -0.2) is 28.9 Å². The molecule has 0 fully saturated rings. The molecule has 3 rings (SSSR count). The first-order valence-corrected chi connectivity index (χ1v) is 9.20. The van der Waals surface area contributed by atoms with E-state index in [0.29, 0.717) is 29.2 Å². The van der Waals surface area contributed by atoms with E-state index in [0.717, 1.165) is 31.5 Å². The number of hydrogen-bond donors (Lipinski definition) is 1. The molecule has 26 heavy (non-hydrogen) atoms. The Labute approximate surface area is 154 Å². The van der Waals surface area contributed by atoms with Crippen molar-refractivity contribution in [2.24, 2.45) is 0 Å². The number of phenols is 1. The summed E-state index contributed by atoms with van der Waals surface area (Å²) in [6.07, 6.45) is 3.82. The zero-order chi connectivity index (χ0) is 18.5. The van der Waals surface area contributed by atoms with Gasteiger partial charge in [0.15, 0.2) is 5.76 Å². The van der Waals surface area contributed by atoms with Crippen molar-refractivity contribution in [1.82, 2.24) is 4.90 Å². The van der Waals surface area contributed by atoms with Crippen LogP contribution in [0.1, 0.15) is 48.2 Å². The van der Waals surface area contributed by atoms with E-state index in [1.165, 1.54) is 0 Å². The minimum Gasteiger partial charge on any atom is -0.507 e. The van der Waals surface area contributed by atoms with E-state index in [1.54, 1.807) is 18.2 Å². The number of allylic oxidation sites excluding steroid dienone is 1. The van der Waals surface area contributed by atoms with Crippen LogP contribution in [0.4, 0.5) is 0 Å². The smallest absolute Gasteiger partial charge is 0.231 e. The highest BCUT2D eigenvalue weighted by molar-refractivity contribution is 6.14. The van der Waals surface area contributed by atoms with E-state index in [1.807, 2.05) is 30.3 Å². The number of phenolic OH excluding ortho intramolecular Hbond substituents is 1. The molecule has 0 amide bonds. The fraction of sp³-hybridized carbons (Fsp3) is 0.318. The summed E-state index contributed by atoms with van der Waals surface area (Å²) in [7, 11) is 0. The molecule has 1 aliphatic rings. The third-order valence-electron chi connectivity index (χ3n) is 4.47. The van der Waals surface area contributed by atoms with Gasteiger partial charge in [-0.25, -0.2) is 0 Å². The van der Waals surface area contributed by atoms with Crippen molar-refractivity contribution in [3.63, 3.8) is 0 Å². The van der Waals surface area contributed by atoms with Crippen LogP contribution >= 0.6 is 0 Å². The Kier molecular flexibility index (Phi) is 5.74. The number of hydrogen-bond acceptors (Lipinski definition) is 4. The molecular weight excluding hydrogens is 326 g/mol. The van der Waals surface area contributed by atoms with Gasteiger partial charge in [0.2, 0.25) is 5.78 Å². The molecule has 0 unspecified atom stereocenters. The Hall–Kier alpha value is -2.59. The molecule has 0 bridgehead atoms. The Morgan fingerprint density at radius 1 is 1.04 bits per heavy atom. The third-order valence-corrected chi connectivity index (χ3v) is 4.47. The quantitative estimate of drug-likeness (QED) is 0.739. The van der Waals surface area contributed by atoms with E-state index in [4.69, 9.17) is 4.74 Å². The van der Waals surface area contributed by atoms with E-state index < -0.39 is 0 Å². The number of nitrogens with zero attached hydrogens (tertiary/aromatic N) is 1. The van der Waals surface area contributed by atoms with E-state index in [2.05, 4.69) is 18.7 Å². The molecule has 1 aliphatic heterocycles. The Bertz CT molecular complexity index is 806. The highest BCUT2D eigenvalue weighted by Gasteiger charge is 2.31. The predicted octanol–water partition coefficient (Wildman–Crippen LogP) is 4.63. The van der Waals surface area contributed by atoms with E-state index in [-0.39, 0.29) is 11.5 Å². The van der Waals surface area contributed by atoms with Crippen LogP contribution in [0.2, 0.25) is 0 Å². The standard InChI is InChI=1S/C22H25NO3/c1-3-12-23(13-4-2)15-18-19(24)11-10-17-21(25)20(26-22(17)18)14-16-8-6-5-7-9-16/h5-11,14,24H,3-4,12-13,15H2,1-2H3/b20-14+. The number of fused-ring (bicyclic) bond motifs is 1. The zero-order valence-corrected chi connectivity index (χ0v) is 15.4. The lowest BCUT2D eigenvalue weighted by atomic mass is 10.0. The first-order chi connectivity index (χ1) is 12.6. The number of Topliss-reactive ketones (excluding diaryl/α,β-unsaturated/α-hetero) is 1. The van der Waals surface area contributed by atoms with Crippen LogP contribution in [0, 0.1) is 0 Å². The van der Waals surface area contributed by atoms with Gasteiger partial charge < -0.3 is 9.84 Å². The van der Waals surface area contributed by atoms with Gasteiger partial charge in [0.25, 0.3) is 0 Å².